The van der Waals surface area contributed by atoms with Crippen LogP contribution in [0.5, 0.6) is 0 Å². The molecular formula is C8H22N4O. The maximum atomic E-state index is 5.60. The summed E-state index contributed by atoms with van der Waals surface area (Å²) >= 11 is 0. The van der Waals surface area contributed by atoms with Gasteiger partial charge in [-0.25, -0.2) is 0 Å². The summed E-state index contributed by atoms with van der Waals surface area (Å²) in [6.45, 7) is 6.48. The van der Waals surface area contributed by atoms with E-state index in [0.717, 1.165) is 12.8 Å². The highest BCUT2D eigenvalue weighted by atomic mass is 16.6. The largest absolute Gasteiger partial charge is 0.393 e. The van der Waals surface area contributed by atoms with Gasteiger partial charge in [0, 0.05) is 6.04 Å². The number of nitrogens with two attached hydrogens (primary N) is 3. The number of hydrogen-bond donors (Lipinski definition) is 3. The van der Waals surface area contributed by atoms with Gasteiger partial charge in [-0.15, -0.1) is 0 Å². The van der Waals surface area contributed by atoms with Crippen LogP contribution in [0.25, 0.3) is 0 Å². The van der Waals surface area contributed by atoms with Crippen molar-refractivity contribution in [3.05, 3.63) is 0 Å². The van der Waals surface area contributed by atoms with Crippen LogP contribution in [0.4, 0.5) is 0 Å². The van der Waals surface area contributed by atoms with E-state index in [1.54, 1.807) is 0 Å². The van der Waals surface area contributed by atoms with Gasteiger partial charge in [0.2, 0.25) is 5.96 Å². The smallest absolute Gasteiger partial charge is 0.228 e. The molecule has 80 valence electrons. The summed E-state index contributed by atoms with van der Waals surface area (Å²) < 4.78 is 0. The van der Waals surface area contributed by atoms with Crippen LogP contribution >= 0.6 is 0 Å². The molecule has 5 heteroatoms. The molecule has 1 atom stereocenters. The second-order valence-corrected chi connectivity index (χ2v) is 2.31. The molecule has 0 saturated heterocycles. The maximum Gasteiger partial charge on any atom is 0.228 e. The van der Waals surface area contributed by atoms with Crippen molar-refractivity contribution in [2.24, 2.45) is 22.4 Å². The molecule has 6 N–H and O–H groups in total. The summed E-state index contributed by atoms with van der Waals surface area (Å²) in [7, 11) is 0. The highest BCUT2D eigenvalue weighted by Crippen LogP contribution is 1.93. The molecule has 1 unspecified atom stereocenters. The van der Waals surface area contributed by atoms with Gasteiger partial charge in [-0.1, -0.05) is 20.8 Å². The van der Waals surface area contributed by atoms with E-state index in [0.29, 0.717) is 6.61 Å². The van der Waals surface area contributed by atoms with E-state index >= 15 is 0 Å². The Morgan fingerprint density at radius 2 is 1.92 bits per heavy atom. The van der Waals surface area contributed by atoms with Gasteiger partial charge in [0.25, 0.3) is 0 Å². The molecule has 0 rings (SSSR count). The number of oxime groups is 1. The van der Waals surface area contributed by atoms with Crippen molar-refractivity contribution in [3.8, 4) is 0 Å². The summed E-state index contributed by atoms with van der Waals surface area (Å²) in [6, 6.07) is 0.171. The van der Waals surface area contributed by atoms with Crippen molar-refractivity contribution >= 4 is 5.96 Å². The Labute approximate surface area is 80.3 Å². The van der Waals surface area contributed by atoms with Gasteiger partial charge in [0.05, 0.1) is 0 Å². The average molecular weight is 190 g/mol. The molecule has 0 aliphatic heterocycles. The quantitative estimate of drug-likeness (QED) is 0.252. The number of rotatable bonds is 5. The molecule has 0 fully saturated rings. The van der Waals surface area contributed by atoms with Crippen molar-refractivity contribution in [1.29, 1.82) is 0 Å². The Bertz CT molecular complexity index is 123. The van der Waals surface area contributed by atoms with Crippen LogP contribution in [0.1, 0.15) is 33.6 Å². The average Bonchev–Trinajstić information content (AvgIpc) is 2.15. The zero-order valence-electron chi connectivity index (χ0n) is 8.79. The van der Waals surface area contributed by atoms with Crippen LogP contribution in [0.3, 0.4) is 0 Å². The number of hydrogen-bond acceptors (Lipinski definition) is 3. The molecule has 0 aromatic heterocycles. The molecule has 0 aliphatic rings. The molecule has 0 spiro atoms. The minimum atomic E-state index is -0.0601. The van der Waals surface area contributed by atoms with Gasteiger partial charge in [-0.2, -0.15) is 0 Å². The highest BCUT2D eigenvalue weighted by Gasteiger charge is 1.97. The van der Waals surface area contributed by atoms with E-state index in [2.05, 4.69) is 5.16 Å². The van der Waals surface area contributed by atoms with Gasteiger partial charge < -0.3 is 22.0 Å². The van der Waals surface area contributed by atoms with Gasteiger partial charge in [0.1, 0.15) is 6.61 Å². The monoisotopic (exact) mass is 190 g/mol. The van der Waals surface area contributed by atoms with E-state index in [1.165, 1.54) is 0 Å². The van der Waals surface area contributed by atoms with Gasteiger partial charge in [-0.3, -0.25) is 0 Å². The van der Waals surface area contributed by atoms with Crippen LogP contribution < -0.4 is 17.2 Å². The van der Waals surface area contributed by atoms with E-state index in [1.807, 2.05) is 20.8 Å². The third-order valence-corrected chi connectivity index (χ3v) is 1.27. The van der Waals surface area contributed by atoms with Crippen molar-refractivity contribution in [2.75, 3.05) is 6.61 Å². The van der Waals surface area contributed by atoms with E-state index in [-0.39, 0.29) is 12.0 Å². The summed E-state index contributed by atoms with van der Waals surface area (Å²) in [5.41, 5.74) is 15.6. The molecular weight excluding hydrogens is 168 g/mol. The van der Waals surface area contributed by atoms with E-state index in [9.17, 15) is 0 Å². The van der Waals surface area contributed by atoms with Crippen molar-refractivity contribution < 1.29 is 4.84 Å². The second-order valence-electron chi connectivity index (χ2n) is 2.31. The molecule has 0 radical (unpaired) electrons. The summed E-state index contributed by atoms with van der Waals surface area (Å²) in [5.74, 6) is -0.0601. The first-order valence-corrected chi connectivity index (χ1v) is 4.63. The SMILES string of the molecule is CC.CCC(N)CCON=C(N)N. The Morgan fingerprint density at radius 1 is 1.38 bits per heavy atom. The fourth-order valence-electron chi connectivity index (χ4n) is 0.528. The Hall–Kier alpha value is -0.970. The fraction of sp³-hybridized carbons (Fsp3) is 0.875. The Morgan fingerprint density at radius 3 is 2.31 bits per heavy atom. The summed E-state index contributed by atoms with van der Waals surface area (Å²) in [4.78, 5) is 4.73. The molecule has 0 aromatic carbocycles. The summed E-state index contributed by atoms with van der Waals surface area (Å²) in [6.07, 6.45) is 1.71. The lowest BCUT2D eigenvalue weighted by Gasteiger charge is -2.05. The van der Waals surface area contributed by atoms with E-state index in [4.69, 9.17) is 22.0 Å². The molecule has 13 heavy (non-hydrogen) atoms. The Kier molecular flexibility index (Phi) is 12.3. The molecule has 0 heterocycles. The molecule has 0 saturated carbocycles. The van der Waals surface area contributed by atoms with Crippen LogP contribution in [0.2, 0.25) is 0 Å². The topological polar surface area (TPSA) is 99.6 Å². The third-order valence-electron chi connectivity index (χ3n) is 1.27. The van der Waals surface area contributed by atoms with Crippen LogP contribution in [-0.2, 0) is 4.84 Å². The molecule has 0 bridgehead atoms. The Balaban J connectivity index is 0. The second kappa shape index (κ2) is 11.0. The van der Waals surface area contributed by atoms with Crippen molar-refractivity contribution in [3.63, 3.8) is 0 Å². The van der Waals surface area contributed by atoms with Crippen molar-refractivity contribution in [1.82, 2.24) is 0 Å². The first kappa shape index (κ1) is 14.5. The lowest BCUT2D eigenvalue weighted by atomic mass is 10.2. The predicted molar refractivity (Wildman–Crippen MR) is 56.0 cm³/mol. The van der Waals surface area contributed by atoms with Gasteiger partial charge in [-0.05, 0) is 18.0 Å². The van der Waals surface area contributed by atoms with Crippen molar-refractivity contribution in [2.45, 2.75) is 39.7 Å². The molecule has 5 nitrogen and oxygen atoms in total. The lowest BCUT2D eigenvalue weighted by molar-refractivity contribution is 0.135. The van der Waals surface area contributed by atoms with Gasteiger partial charge in [0.15, 0.2) is 0 Å². The lowest BCUT2D eigenvalue weighted by Crippen LogP contribution is -2.24. The zero-order valence-corrected chi connectivity index (χ0v) is 8.79. The standard InChI is InChI=1S/C6H16N4O.C2H6/c1-2-5(7)3-4-11-10-6(8)9;1-2/h5H,2-4,7H2,1H3,(H4,8,9,10);1-2H3. The minimum absolute atomic E-state index is 0.0601. The zero-order chi connectivity index (χ0) is 10.7. The normalized spacial score (nSPS) is 10.8. The molecule has 0 aromatic rings. The maximum absolute atomic E-state index is 5.60. The fourth-order valence-corrected chi connectivity index (χ4v) is 0.528. The van der Waals surface area contributed by atoms with Gasteiger partial charge >= 0.3 is 0 Å². The van der Waals surface area contributed by atoms with E-state index < -0.39 is 0 Å². The number of guanidine groups is 1. The highest BCUT2D eigenvalue weighted by molar-refractivity contribution is 5.74. The number of nitrogens with zero attached hydrogens (tertiary/aromatic N) is 1. The van der Waals surface area contributed by atoms with Crippen LogP contribution in [-0.4, -0.2) is 18.6 Å². The first-order valence-electron chi connectivity index (χ1n) is 4.63. The predicted octanol–water partition coefficient (Wildman–Crippen LogP) is 0.345. The molecule has 0 aliphatic carbocycles. The first-order chi connectivity index (χ1) is 6.16. The molecule has 0 amide bonds. The third kappa shape index (κ3) is 13.9. The minimum Gasteiger partial charge on any atom is -0.393 e. The van der Waals surface area contributed by atoms with Crippen LogP contribution in [0.15, 0.2) is 5.16 Å². The summed E-state index contributed by atoms with van der Waals surface area (Å²) in [5, 5.41) is 3.35. The van der Waals surface area contributed by atoms with Crippen LogP contribution in [0, 0.1) is 0 Å².